The van der Waals surface area contributed by atoms with Crippen LogP contribution >= 0.6 is 11.6 Å². The van der Waals surface area contributed by atoms with Crippen LogP contribution < -0.4 is 25.8 Å². The second-order valence-corrected chi connectivity index (χ2v) is 10.2. The average molecular weight is 555 g/mol. The van der Waals surface area contributed by atoms with Crippen molar-refractivity contribution in [1.82, 2.24) is 24.9 Å². The summed E-state index contributed by atoms with van der Waals surface area (Å²) in [4.78, 5) is 23.7. The Hall–Kier alpha value is -4.06. The van der Waals surface area contributed by atoms with Gasteiger partial charge in [-0.3, -0.25) is 0 Å². The number of nitrogens with two attached hydrogens (primary N) is 2. The molecule has 1 aliphatic heterocycles. The molecule has 0 spiro atoms. The number of nitrogen functional groups attached to an aromatic ring is 2. The molecule has 1 aliphatic carbocycles. The number of halogens is 3. The monoisotopic (exact) mass is 554 g/mol. The number of methoxy groups -OCH3 is 1. The smallest absolute Gasteiger partial charge is 0.318 e. The Morgan fingerprint density at radius 2 is 1.90 bits per heavy atom. The highest BCUT2D eigenvalue weighted by atomic mass is 35.5. The van der Waals surface area contributed by atoms with E-state index in [0.717, 1.165) is 19.0 Å². The van der Waals surface area contributed by atoms with Crippen molar-refractivity contribution in [2.45, 2.75) is 44.7 Å². The summed E-state index contributed by atoms with van der Waals surface area (Å²) in [5.74, 6) is -0.425. The zero-order valence-corrected chi connectivity index (χ0v) is 22.1. The predicted octanol–water partition coefficient (Wildman–Crippen LogP) is 4.81. The van der Waals surface area contributed by atoms with Crippen molar-refractivity contribution in [3.63, 3.8) is 0 Å². The Labute approximate surface area is 227 Å². The molecule has 4 N–H and O–H groups in total. The zero-order chi connectivity index (χ0) is 27.6. The molecule has 10 nitrogen and oxygen atoms in total. The Kier molecular flexibility index (Phi) is 6.01. The highest BCUT2D eigenvalue weighted by molar-refractivity contribution is 6.32. The van der Waals surface area contributed by atoms with E-state index in [1.54, 1.807) is 6.07 Å². The SMILES string of the molecule is COc1nc2c3c(nc(-c4nc(N)cc(Cl)c4C4CC4)c(F)c3n1)OC[C@H](C)N2C(C)c1cc(F)cnc1N. The first kappa shape index (κ1) is 25.2. The molecule has 0 bridgehead atoms. The van der Waals surface area contributed by atoms with Gasteiger partial charge in [-0.15, -0.1) is 0 Å². The van der Waals surface area contributed by atoms with Crippen LogP contribution in [0.5, 0.6) is 11.9 Å². The summed E-state index contributed by atoms with van der Waals surface area (Å²) in [6.45, 7) is 3.88. The maximum Gasteiger partial charge on any atom is 0.318 e. The highest BCUT2D eigenvalue weighted by Gasteiger charge is 2.36. The van der Waals surface area contributed by atoms with E-state index in [4.69, 9.17) is 32.5 Å². The zero-order valence-electron chi connectivity index (χ0n) is 21.4. The van der Waals surface area contributed by atoms with Crippen molar-refractivity contribution in [2.75, 3.05) is 30.1 Å². The van der Waals surface area contributed by atoms with Crippen LogP contribution in [0.3, 0.4) is 0 Å². The summed E-state index contributed by atoms with van der Waals surface area (Å²) in [5, 5.41) is 0.642. The lowest BCUT2D eigenvalue weighted by Gasteiger charge is -2.34. The summed E-state index contributed by atoms with van der Waals surface area (Å²) in [7, 11) is 1.39. The molecule has 5 heterocycles. The van der Waals surface area contributed by atoms with Crippen LogP contribution in [0.15, 0.2) is 18.3 Å². The number of anilines is 3. The van der Waals surface area contributed by atoms with E-state index in [2.05, 4.69) is 24.9 Å². The number of aromatic nitrogens is 5. The van der Waals surface area contributed by atoms with Crippen LogP contribution in [0.25, 0.3) is 22.3 Å². The van der Waals surface area contributed by atoms with Crippen LogP contribution in [-0.4, -0.2) is 44.7 Å². The Balaban J connectivity index is 1.62. The van der Waals surface area contributed by atoms with Gasteiger partial charge in [0.15, 0.2) is 5.82 Å². The maximum absolute atomic E-state index is 16.4. The van der Waals surface area contributed by atoms with Gasteiger partial charge in [-0.1, -0.05) is 11.6 Å². The highest BCUT2D eigenvalue weighted by Crippen LogP contribution is 2.49. The number of hydrogen-bond donors (Lipinski definition) is 2. The van der Waals surface area contributed by atoms with E-state index in [0.29, 0.717) is 22.0 Å². The lowest BCUT2D eigenvalue weighted by Crippen LogP contribution is -2.39. The van der Waals surface area contributed by atoms with Gasteiger partial charge in [0.25, 0.3) is 0 Å². The third-order valence-electron chi connectivity index (χ3n) is 7.10. The molecule has 1 unspecified atom stereocenters. The third kappa shape index (κ3) is 4.19. The molecule has 1 fully saturated rings. The largest absolute Gasteiger partial charge is 0.475 e. The molecule has 0 aromatic carbocycles. The molecule has 4 aromatic heterocycles. The third-order valence-corrected chi connectivity index (χ3v) is 7.41. The van der Waals surface area contributed by atoms with Gasteiger partial charge in [-0.25, -0.2) is 23.7 Å². The van der Waals surface area contributed by atoms with E-state index < -0.39 is 17.7 Å². The fraction of sp³-hybridized carbons (Fsp3) is 0.346. The number of nitrogens with zero attached hydrogens (tertiary/aromatic N) is 6. The first-order valence-corrected chi connectivity index (χ1v) is 12.8. The quantitative estimate of drug-likeness (QED) is 0.353. The van der Waals surface area contributed by atoms with Gasteiger partial charge < -0.3 is 25.8 Å². The minimum absolute atomic E-state index is 0.0721. The van der Waals surface area contributed by atoms with Crippen molar-refractivity contribution < 1.29 is 18.3 Å². The van der Waals surface area contributed by atoms with E-state index in [-0.39, 0.29) is 64.4 Å². The van der Waals surface area contributed by atoms with Crippen molar-refractivity contribution in [2.24, 2.45) is 0 Å². The van der Waals surface area contributed by atoms with E-state index >= 15 is 4.39 Å². The minimum atomic E-state index is -0.746. The second kappa shape index (κ2) is 9.30. The van der Waals surface area contributed by atoms with Crippen LogP contribution in [0, 0.1) is 11.6 Å². The lowest BCUT2D eigenvalue weighted by atomic mass is 10.0. The molecule has 6 rings (SSSR count). The summed E-state index contributed by atoms with van der Waals surface area (Å²) in [6, 6.07) is 1.95. The van der Waals surface area contributed by atoms with Gasteiger partial charge in [0.1, 0.15) is 46.5 Å². The standard InChI is InChI=1S/C26H25ClF2N8O2/c1-10-9-39-25-18-20(19(29)22(34-25)21-17(12-4-5-12)15(27)7-16(30)33-21)35-26(38-3)36-24(18)37(10)11(2)14-6-13(28)8-32-23(14)31/h6-8,10-12H,4-5,9H2,1-3H3,(H2,30,33)(H2,31,32)/t10-,11?/m0/s1. The molecule has 39 heavy (non-hydrogen) atoms. The number of ether oxygens (including phenoxy) is 2. The molecule has 0 radical (unpaired) electrons. The fourth-order valence-corrected chi connectivity index (χ4v) is 5.49. The topological polar surface area (TPSA) is 138 Å². The summed E-state index contributed by atoms with van der Waals surface area (Å²) >= 11 is 6.53. The van der Waals surface area contributed by atoms with Crippen molar-refractivity contribution >= 4 is 40.0 Å². The van der Waals surface area contributed by atoms with Crippen molar-refractivity contribution in [3.8, 4) is 23.3 Å². The van der Waals surface area contributed by atoms with E-state index in [1.165, 1.54) is 13.2 Å². The van der Waals surface area contributed by atoms with Gasteiger partial charge in [0.2, 0.25) is 5.88 Å². The van der Waals surface area contributed by atoms with Gasteiger partial charge in [-0.2, -0.15) is 9.97 Å². The number of rotatable bonds is 5. The van der Waals surface area contributed by atoms with Gasteiger partial charge in [0, 0.05) is 16.1 Å². The normalized spacial score (nSPS) is 17.6. The van der Waals surface area contributed by atoms with Gasteiger partial charge >= 0.3 is 6.01 Å². The number of pyridine rings is 3. The minimum Gasteiger partial charge on any atom is -0.475 e. The molecule has 4 aromatic rings. The molecule has 0 amide bonds. The molecule has 2 aliphatic rings. The maximum atomic E-state index is 16.4. The molecular formula is C26H25ClF2N8O2. The molecule has 202 valence electrons. The van der Waals surface area contributed by atoms with E-state index in [1.807, 2.05) is 18.7 Å². The number of hydrogen-bond acceptors (Lipinski definition) is 10. The van der Waals surface area contributed by atoms with Crippen LogP contribution in [-0.2, 0) is 0 Å². The molecular weight excluding hydrogens is 530 g/mol. The summed E-state index contributed by atoms with van der Waals surface area (Å²) in [6.07, 6.45) is 2.86. The first-order chi connectivity index (χ1) is 18.7. The van der Waals surface area contributed by atoms with Crippen molar-refractivity contribution in [3.05, 3.63) is 46.1 Å². The Bertz CT molecular complexity index is 1630. The predicted molar refractivity (Wildman–Crippen MR) is 143 cm³/mol. The molecule has 1 saturated carbocycles. The summed E-state index contributed by atoms with van der Waals surface area (Å²) in [5.41, 5.74) is 13.3. The van der Waals surface area contributed by atoms with Gasteiger partial charge in [-0.05, 0) is 44.7 Å². The second-order valence-electron chi connectivity index (χ2n) is 9.77. The molecule has 0 saturated heterocycles. The Morgan fingerprint density at radius 3 is 2.62 bits per heavy atom. The van der Waals surface area contributed by atoms with Crippen molar-refractivity contribution in [1.29, 1.82) is 0 Å². The first-order valence-electron chi connectivity index (χ1n) is 12.4. The van der Waals surface area contributed by atoms with Crippen LogP contribution in [0.1, 0.15) is 49.8 Å². The molecule has 13 heteroatoms. The van der Waals surface area contributed by atoms with Crippen LogP contribution in [0.2, 0.25) is 5.02 Å². The van der Waals surface area contributed by atoms with E-state index in [9.17, 15) is 4.39 Å². The summed E-state index contributed by atoms with van der Waals surface area (Å²) < 4.78 is 42.1. The van der Waals surface area contributed by atoms with Crippen LogP contribution in [0.4, 0.5) is 26.2 Å². The van der Waals surface area contributed by atoms with Gasteiger partial charge in [0.05, 0.1) is 31.1 Å². The average Bonchev–Trinajstić information content (AvgIpc) is 3.75. The lowest BCUT2D eigenvalue weighted by molar-refractivity contribution is 0.281. The fourth-order valence-electron chi connectivity index (χ4n) is 5.13. The molecule has 2 atom stereocenters. The Morgan fingerprint density at radius 1 is 1.13 bits per heavy atom.